The predicted octanol–water partition coefficient (Wildman–Crippen LogP) is 3.83. The molecule has 2 aromatic carbocycles. The summed E-state index contributed by atoms with van der Waals surface area (Å²) in [5, 5.41) is 2.79. The first-order valence-electron chi connectivity index (χ1n) is 10.4. The number of carbonyl (C=O) groups excluding carboxylic acids is 1. The number of ether oxygens (including phenoxy) is 2. The van der Waals surface area contributed by atoms with E-state index in [1.54, 1.807) is 36.4 Å². The minimum atomic E-state index is -3.61. The number of amides is 1. The van der Waals surface area contributed by atoms with Gasteiger partial charge < -0.3 is 14.8 Å². The summed E-state index contributed by atoms with van der Waals surface area (Å²) in [5.74, 6) is 0.751. The Kier molecular flexibility index (Phi) is 9.33. The Morgan fingerprint density at radius 3 is 2.45 bits per heavy atom. The van der Waals surface area contributed by atoms with Gasteiger partial charge in [-0.25, -0.2) is 12.7 Å². The lowest BCUT2D eigenvalue weighted by Gasteiger charge is -2.16. The molecule has 0 fully saturated rings. The molecule has 0 bridgehead atoms. The van der Waals surface area contributed by atoms with Crippen LogP contribution in [-0.2, 0) is 16.6 Å². The Bertz CT molecular complexity index is 974. The van der Waals surface area contributed by atoms with E-state index in [0.717, 1.165) is 17.1 Å². The summed E-state index contributed by atoms with van der Waals surface area (Å²) >= 11 is 0. The number of nitrogens with zero attached hydrogens (tertiary/aromatic N) is 1. The van der Waals surface area contributed by atoms with E-state index < -0.39 is 10.0 Å². The highest BCUT2D eigenvalue weighted by Gasteiger charge is 2.21. The van der Waals surface area contributed by atoms with Crippen LogP contribution in [0, 0.1) is 0 Å². The Balaban J connectivity index is 2.07. The van der Waals surface area contributed by atoms with E-state index in [4.69, 9.17) is 9.47 Å². The van der Waals surface area contributed by atoms with Crippen LogP contribution in [0.15, 0.2) is 47.4 Å². The molecular weight excluding hydrogens is 416 g/mol. The molecule has 1 N–H and O–H groups in total. The lowest BCUT2D eigenvalue weighted by Crippen LogP contribution is -2.27. The van der Waals surface area contributed by atoms with Gasteiger partial charge in [0.05, 0.1) is 18.6 Å². The van der Waals surface area contributed by atoms with Gasteiger partial charge in [0.2, 0.25) is 10.0 Å². The fraction of sp³-hybridized carbons (Fsp3) is 0.435. The lowest BCUT2D eigenvalue weighted by atomic mass is 10.1. The third kappa shape index (κ3) is 6.70. The summed E-state index contributed by atoms with van der Waals surface area (Å²) in [4.78, 5) is 12.8. The fourth-order valence-electron chi connectivity index (χ4n) is 3.01. The number of carbonyl (C=O) groups is 1. The maximum absolute atomic E-state index is 12.7. The molecule has 0 saturated heterocycles. The number of nitrogens with one attached hydrogen (secondary N) is 1. The molecule has 0 radical (unpaired) electrons. The van der Waals surface area contributed by atoms with Crippen LogP contribution in [-0.4, -0.2) is 46.4 Å². The van der Waals surface area contributed by atoms with Crippen molar-refractivity contribution in [2.45, 2.75) is 44.0 Å². The third-order valence-corrected chi connectivity index (χ3v) is 6.77. The van der Waals surface area contributed by atoms with E-state index in [9.17, 15) is 13.2 Å². The minimum Gasteiger partial charge on any atom is -0.493 e. The number of benzene rings is 2. The lowest BCUT2D eigenvalue weighted by molar-refractivity contribution is 0.0950. The second-order valence-corrected chi connectivity index (χ2v) is 9.47. The summed E-state index contributed by atoms with van der Waals surface area (Å²) in [5.41, 5.74) is 0.923. The normalized spacial score (nSPS) is 11.4. The molecule has 0 spiro atoms. The van der Waals surface area contributed by atoms with Crippen molar-refractivity contribution in [1.29, 1.82) is 0 Å². The summed E-state index contributed by atoms with van der Waals surface area (Å²) in [6, 6.07) is 11.6. The first-order valence-corrected chi connectivity index (χ1v) is 11.8. The highest BCUT2D eigenvalue weighted by Crippen LogP contribution is 2.28. The summed E-state index contributed by atoms with van der Waals surface area (Å²) in [7, 11) is 0.878. The molecule has 2 rings (SSSR count). The molecule has 0 saturated carbocycles. The smallest absolute Gasteiger partial charge is 0.251 e. The van der Waals surface area contributed by atoms with E-state index in [2.05, 4.69) is 12.2 Å². The van der Waals surface area contributed by atoms with Gasteiger partial charge in [0.25, 0.3) is 5.91 Å². The van der Waals surface area contributed by atoms with Gasteiger partial charge >= 0.3 is 0 Å². The van der Waals surface area contributed by atoms with Gasteiger partial charge in [-0.05, 0) is 36.2 Å². The molecule has 0 unspecified atom stereocenters. The summed E-state index contributed by atoms with van der Waals surface area (Å²) in [6.45, 7) is 2.84. The standard InChI is InChI=1S/C23H32N2O5S/c1-5-6-7-10-15-30-20-14-13-18(16-21(20)29-4)23(26)24-17-19-11-8-9-12-22(19)31(27,28)25(2)3/h8-9,11-14,16H,5-7,10,15,17H2,1-4H3,(H,24,26). The molecule has 1 amide bonds. The number of rotatable bonds is 12. The van der Waals surface area contributed by atoms with Gasteiger partial charge in [0, 0.05) is 26.2 Å². The van der Waals surface area contributed by atoms with E-state index in [0.29, 0.717) is 29.2 Å². The summed E-state index contributed by atoms with van der Waals surface area (Å²) < 4.78 is 37.3. The molecular formula is C23H32N2O5S. The highest BCUT2D eigenvalue weighted by atomic mass is 32.2. The minimum absolute atomic E-state index is 0.0834. The van der Waals surface area contributed by atoms with Crippen LogP contribution >= 0.6 is 0 Å². The van der Waals surface area contributed by atoms with Gasteiger partial charge in [0.15, 0.2) is 11.5 Å². The number of hydrogen-bond acceptors (Lipinski definition) is 5. The molecule has 170 valence electrons. The van der Waals surface area contributed by atoms with Crippen molar-refractivity contribution in [2.24, 2.45) is 0 Å². The van der Waals surface area contributed by atoms with Crippen LogP contribution in [0.5, 0.6) is 11.5 Å². The van der Waals surface area contributed by atoms with Crippen molar-refractivity contribution in [3.63, 3.8) is 0 Å². The van der Waals surface area contributed by atoms with Crippen molar-refractivity contribution < 1.29 is 22.7 Å². The molecule has 0 atom stereocenters. The molecule has 0 aliphatic rings. The maximum Gasteiger partial charge on any atom is 0.251 e. The van der Waals surface area contributed by atoms with Gasteiger partial charge in [-0.15, -0.1) is 0 Å². The Labute approximate surface area is 185 Å². The van der Waals surface area contributed by atoms with Crippen molar-refractivity contribution >= 4 is 15.9 Å². The predicted molar refractivity (Wildman–Crippen MR) is 121 cm³/mol. The molecule has 0 heterocycles. The number of methoxy groups -OCH3 is 1. The number of sulfonamides is 1. The molecule has 0 aliphatic heterocycles. The molecule has 8 heteroatoms. The van der Waals surface area contributed by atoms with Gasteiger partial charge in [-0.3, -0.25) is 4.79 Å². The quantitative estimate of drug-likeness (QED) is 0.499. The second-order valence-electron chi connectivity index (χ2n) is 7.35. The zero-order valence-corrected chi connectivity index (χ0v) is 19.5. The maximum atomic E-state index is 12.7. The Hall–Kier alpha value is -2.58. The molecule has 2 aromatic rings. The molecule has 0 aliphatic carbocycles. The largest absolute Gasteiger partial charge is 0.493 e. The first kappa shape index (κ1) is 24.7. The fourth-order valence-corrected chi connectivity index (χ4v) is 4.13. The third-order valence-electron chi connectivity index (χ3n) is 4.85. The van der Waals surface area contributed by atoms with Crippen LogP contribution in [0.4, 0.5) is 0 Å². The average molecular weight is 449 g/mol. The molecule has 7 nitrogen and oxygen atoms in total. The number of hydrogen-bond donors (Lipinski definition) is 1. The SMILES string of the molecule is CCCCCCOc1ccc(C(=O)NCc2ccccc2S(=O)(=O)N(C)C)cc1OC. The van der Waals surface area contributed by atoms with Crippen molar-refractivity contribution in [1.82, 2.24) is 9.62 Å². The zero-order valence-electron chi connectivity index (χ0n) is 18.7. The van der Waals surface area contributed by atoms with E-state index in [1.165, 1.54) is 40.1 Å². The van der Waals surface area contributed by atoms with Crippen molar-refractivity contribution in [3.8, 4) is 11.5 Å². The van der Waals surface area contributed by atoms with E-state index in [1.807, 2.05) is 0 Å². The zero-order chi connectivity index (χ0) is 22.9. The van der Waals surface area contributed by atoms with Crippen LogP contribution in [0.2, 0.25) is 0 Å². The van der Waals surface area contributed by atoms with Crippen LogP contribution in [0.25, 0.3) is 0 Å². The van der Waals surface area contributed by atoms with Gasteiger partial charge in [0.1, 0.15) is 0 Å². The van der Waals surface area contributed by atoms with Crippen molar-refractivity contribution in [2.75, 3.05) is 27.8 Å². The van der Waals surface area contributed by atoms with Crippen LogP contribution in [0.1, 0.15) is 48.5 Å². The van der Waals surface area contributed by atoms with E-state index in [-0.39, 0.29) is 17.3 Å². The molecule has 31 heavy (non-hydrogen) atoms. The molecule has 0 aromatic heterocycles. The van der Waals surface area contributed by atoms with E-state index >= 15 is 0 Å². The van der Waals surface area contributed by atoms with Gasteiger partial charge in [-0.1, -0.05) is 44.4 Å². The van der Waals surface area contributed by atoms with Crippen LogP contribution in [0.3, 0.4) is 0 Å². The van der Waals surface area contributed by atoms with Crippen LogP contribution < -0.4 is 14.8 Å². The first-order chi connectivity index (χ1) is 14.8. The highest BCUT2D eigenvalue weighted by molar-refractivity contribution is 7.89. The Morgan fingerprint density at radius 1 is 1.03 bits per heavy atom. The Morgan fingerprint density at radius 2 is 1.77 bits per heavy atom. The topological polar surface area (TPSA) is 84.9 Å². The monoisotopic (exact) mass is 448 g/mol. The second kappa shape index (κ2) is 11.7. The van der Waals surface area contributed by atoms with Crippen molar-refractivity contribution in [3.05, 3.63) is 53.6 Å². The number of unbranched alkanes of at least 4 members (excludes halogenated alkanes) is 3. The average Bonchev–Trinajstić information content (AvgIpc) is 2.77. The van der Waals surface area contributed by atoms with Gasteiger partial charge in [-0.2, -0.15) is 0 Å². The summed E-state index contributed by atoms with van der Waals surface area (Å²) in [6.07, 6.45) is 4.43.